The lowest BCUT2D eigenvalue weighted by molar-refractivity contribution is -0.120. The largest absolute Gasteiger partial charge is 0.353 e. The Kier molecular flexibility index (Phi) is 6.78. The van der Waals surface area contributed by atoms with Crippen molar-refractivity contribution in [3.63, 3.8) is 0 Å². The van der Waals surface area contributed by atoms with Crippen LogP contribution in [-0.2, 0) is 4.79 Å². The molecule has 1 aromatic carbocycles. The lowest BCUT2D eigenvalue weighted by Gasteiger charge is -2.11. The second-order valence-corrected chi connectivity index (χ2v) is 5.12. The van der Waals surface area contributed by atoms with Gasteiger partial charge in [-0.05, 0) is 32.2 Å². The third kappa shape index (κ3) is 5.36. The van der Waals surface area contributed by atoms with E-state index in [1.807, 2.05) is 14.0 Å². The molecular formula is C13H17Cl2N3O2. The first-order chi connectivity index (χ1) is 9.43. The third-order valence-corrected chi connectivity index (χ3v) is 3.43. The van der Waals surface area contributed by atoms with E-state index in [0.717, 1.165) is 0 Å². The molecule has 0 saturated carbocycles. The van der Waals surface area contributed by atoms with Crippen LogP contribution in [0.5, 0.6) is 0 Å². The molecule has 1 aromatic rings. The van der Waals surface area contributed by atoms with Crippen molar-refractivity contribution >= 4 is 35.0 Å². The number of halogens is 2. The van der Waals surface area contributed by atoms with Gasteiger partial charge in [-0.1, -0.05) is 23.2 Å². The van der Waals surface area contributed by atoms with E-state index in [1.54, 1.807) is 6.07 Å². The molecule has 1 atom stereocenters. The highest BCUT2D eigenvalue weighted by Crippen LogP contribution is 2.22. The summed E-state index contributed by atoms with van der Waals surface area (Å²) in [5.74, 6) is -0.624. The van der Waals surface area contributed by atoms with E-state index in [4.69, 9.17) is 23.2 Å². The van der Waals surface area contributed by atoms with Gasteiger partial charge in [0, 0.05) is 18.2 Å². The molecule has 0 aliphatic carbocycles. The smallest absolute Gasteiger partial charge is 0.251 e. The van der Waals surface area contributed by atoms with Crippen molar-refractivity contribution in [1.82, 2.24) is 16.0 Å². The second kappa shape index (κ2) is 8.09. The van der Waals surface area contributed by atoms with Crippen LogP contribution in [0.3, 0.4) is 0 Å². The zero-order chi connectivity index (χ0) is 15.1. The molecule has 2 amide bonds. The van der Waals surface area contributed by atoms with Crippen LogP contribution >= 0.6 is 23.2 Å². The average Bonchev–Trinajstić information content (AvgIpc) is 2.44. The van der Waals surface area contributed by atoms with Crippen LogP contribution in [0.25, 0.3) is 0 Å². The van der Waals surface area contributed by atoms with Crippen molar-refractivity contribution in [2.45, 2.75) is 13.0 Å². The van der Waals surface area contributed by atoms with Crippen LogP contribution in [0.2, 0.25) is 10.0 Å². The summed E-state index contributed by atoms with van der Waals surface area (Å²) in [5, 5.41) is 8.88. The molecule has 0 saturated heterocycles. The van der Waals surface area contributed by atoms with Gasteiger partial charge in [0.05, 0.1) is 16.6 Å². The fraction of sp³-hybridized carbons (Fsp3) is 0.385. The maximum atomic E-state index is 11.8. The van der Waals surface area contributed by atoms with Crippen LogP contribution in [0.15, 0.2) is 18.2 Å². The van der Waals surface area contributed by atoms with E-state index < -0.39 is 0 Å². The Morgan fingerprint density at radius 3 is 2.50 bits per heavy atom. The normalized spacial score (nSPS) is 11.8. The minimum Gasteiger partial charge on any atom is -0.353 e. The van der Waals surface area contributed by atoms with E-state index in [9.17, 15) is 9.59 Å². The average molecular weight is 318 g/mol. The van der Waals surface area contributed by atoms with Crippen LogP contribution in [0.4, 0.5) is 0 Å². The van der Waals surface area contributed by atoms with Crippen molar-refractivity contribution < 1.29 is 9.59 Å². The van der Waals surface area contributed by atoms with Crippen LogP contribution in [0, 0.1) is 0 Å². The van der Waals surface area contributed by atoms with E-state index in [0.29, 0.717) is 22.2 Å². The first-order valence-corrected chi connectivity index (χ1v) is 6.87. The summed E-state index contributed by atoms with van der Waals surface area (Å²) in [5.41, 5.74) is 0.357. The van der Waals surface area contributed by atoms with E-state index in [1.165, 1.54) is 12.1 Å². The summed E-state index contributed by atoms with van der Waals surface area (Å²) in [4.78, 5) is 23.3. The van der Waals surface area contributed by atoms with Crippen molar-refractivity contribution in [2.75, 3.05) is 20.1 Å². The van der Waals surface area contributed by atoms with E-state index >= 15 is 0 Å². The van der Waals surface area contributed by atoms with Crippen molar-refractivity contribution in [3.8, 4) is 0 Å². The molecule has 0 heterocycles. The highest BCUT2D eigenvalue weighted by molar-refractivity contribution is 6.42. The van der Waals surface area contributed by atoms with E-state index in [2.05, 4.69) is 16.0 Å². The molecule has 3 N–H and O–H groups in total. The minimum atomic E-state index is -0.375. The summed E-state index contributed by atoms with van der Waals surface area (Å²) in [6, 6.07) is 4.71. The third-order valence-electron chi connectivity index (χ3n) is 2.69. The highest BCUT2D eigenvalue weighted by atomic mass is 35.5. The zero-order valence-electron chi connectivity index (χ0n) is 11.3. The molecule has 0 fully saturated rings. The number of carbonyl (C=O) groups excluding carboxylic acids is 2. The monoisotopic (exact) mass is 317 g/mol. The zero-order valence-corrected chi connectivity index (χ0v) is 12.8. The molecule has 0 aromatic heterocycles. The molecule has 0 aliphatic heterocycles. The van der Waals surface area contributed by atoms with Crippen LogP contribution in [-0.4, -0.2) is 38.0 Å². The van der Waals surface area contributed by atoms with Crippen LogP contribution in [0.1, 0.15) is 17.3 Å². The van der Waals surface area contributed by atoms with Gasteiger partial charge in [0.25, 0.3) is 5.91 Å². The lowest BCUT2D eigenvalue weighted by atomic mass is 10.2. The highest BCUT2D eigenvalue weighted by Gasteiger charge is 2.10. The summed E-state index contributed by atoms with van der Waals surface area (Å²) < 4.78 is 0. The van der Waals surface area contributed by atoms with Gasteiger partial charge in [-0.2, -0.15) is 0 Å². The van der Waals surface area contributed by atoms with Gasteiger partial charge < -0.3 is 16.0 Å². The molecule has 20 heavy (non-hydrogen) atoms. The summed E-state index contributed by atoms with van der Waals surface area (Å²) in [6.07, 6.45) is 0. The molecule has 110 valence electrons. The molecule has 0 radical (unpaired) electrons. The Morgan fingerprint density at radius 2 is 1.90 bits per heavy atom. The Balaban J connectivity index is 2.43. The maximum absolute atomic E-state index is 11.8. The number of hydrogen-bond acceptors (Lipinski definition) is 3. The Labute approximate surface area is 128 Å². The lowest BCUT2D eigenvalue weighted by Crippen LogP contribution is -2.42. The standard InChI is InChI=1S/C13H17Cl2N3O2/c1-8(16-2)6-17-12(19)7-18-13(20)9-3-4-10(14)11(15)5-9/h3-5,8,16H,6-7H2,1-2H3,(H,17,19)(H,18,20). The van der Waals surface area contributed by atoms with Gasteiger partial charge in [0.2, 0.25) is 5.91 Å². The summed E-state index contributed by atoms with van der Waals surface area (Å²) in [6.45, 7) is 2.35. The van der Waals surface area contributed by atoms with Gasteiger partial charge in [-0.25, -0.2) is 0 Å². The molecule has 1 rings (SSSR count). The predicted octanol–water partition coefficient (Wildman–Crippen LogP) is 1.45. The molecule has 0 spiro atoms. The van der Waals surface area contributed by atoms with Gasteiger partial charge in [0.1, 0.15) is 0 Å². The fourth-order valence-corrected chi connectivity index (χ4v) is 1.63. The van der Waals surface area contributed by atoms with Crippen molar-refractivity contribution in [3.05, 3.63) is 33.8 Å². The molecule has 5 nitrogen and oxygen atoms in total. The summed E-state index contributed by atoms with van der Waals surface area (Å²) in [7, 11) is 1.81. The summed E-state index contributed by atoms with van der Waals surface area (Å²) >= 11 is 11.6. The van der Waals surface area contributed by atoms with Gasteiger partial charge in [-0.15, -0.1) is 0 Å². The first-order valence-electron chi connectivity index (χ1n) is 6.11. The molecule has 0 aliphatic rings. The maximum Gasteiger partial charge on any atom is 0.251 e. The Morgan fingerprint density at radius 1 is 1.20 bits per heavy atom. The predicted molar refractivity (Wildman–Crippen MR) is 80.3 cm³/mol. The quantitative estimate of drug-likeness (QED) is 0.743. The molecule has 7 heteroatoms. The minimum absolute atomic E-state index is 0.0878. The number of benzene rings is 1. The van der Waals surface area contributed by atoms with Crippen molar-refractivity contribution in [1.29, 1.82) is 0 Å². The number of likely N-dealkylation sites (N-methyl/N-ethyl adjacent to an activating group) is 1. The Bertz CT molecular complexity index is 495. The number of carbonyl (C=O) groups is 2. The van der Waals surface area contributed by atoms with E-state index in [-0.39, 0.29) is 24.4 Å². The molecule has 0 bridgehead atoms. The first kappa shape index (κ1) is 16.8. The Hall–Kier alpha value is -1.30. The van der Waals surface area contributed by atoms with Gasteiger partial charge in [0.15, 0.2) is 0 Å². The van der Waals surface area contributed by atoms with Gasteiger partial charge in [-0.3, -0.25) is 9.59 Å². The fourth-order valence-electron chi connectivity index (χ4n) is 1.33. The number of hydrogen-bond donors (Lipinski definition) is 3. The molecular weight excluding hydrogens is 301 g/mol. The number of rotatable bonds is 6. The topological polar surface area (TPSA) is 70.2 Å². The number of nitrogens with one attached hydrogen (secondary N) is 3. The number of amides is 2. The van der Waals surface area contributed by atoms with Crippen LogP contribution < -0.4 is 16.0 Å². The van der Waals surface area contributed by atoms with Crippen molar-refractivity contribution in [2.24, 2.45) is 0 Å². The molecule has 1 unspecified atom stereocenters. The SMILES string of the molecule is CNC(C)CNC(=O)CNC(=O)c1ccc(Cl)c(Cl)c1. The second-order valence-electron chi connectivity index (χ2n) is 4.31. The van der Waals surface area contributed by atoms with Gasteiger partial charge >= 0.3 is 0 Å².